The van der Waals surface area contributed by atoms with E-state index in [9.17, 15) is 0 Å². The second-order valence-electron chi connectivity index (χ2n) is 3.62. The molecule has 0 spiro atoms. The van der Waals surface area contributed by atoms with Gasteiger partial charge in [-0.3, -0.25) is 5.10 Å². The van der Waals surface area contributed by atoms with Crippen LogP contribution in [0.2, 0.25) is 0 Å². The van der Waals surface area contributed by atoms with Crippen molar-refractivity contribution in [2.24, 2.45) is 0 Å². The van der Waals surface area contributed by atoms with Crippen LogP contribution in [0.4, 0.5) is 0 Å². The monoisotopic (exact) mass is 165 g/mol. The Labute approximate surface area is 72.8 Å². The molecule has 3 nitrogen and oxygen atoms in total. The highest BCUT2D eigenvalue weighted by Crippen LogP contribution is 2.17. The zero-order chi connectivity index (χ0) is 8.55. The van der Waals surface area contributed by atoms with Crippen molar-refractivity contribution in [1.82, 2.24) is 15.1 Å². The van der Waals surface area contributed by atoms with Crippen LogP contribution in [0.5, 0.6) is 0 Å². The van der Waals surface area contributed by atoms with Crippen LogP contribution in [-0.2, 0) is 13.0 Å². The largest absolute Gasteiger partial charge is 0.302 e. The third-order valence-electron chi connectivity index (χ3n) is 2.54. The van der Waals surface area contributed by atoms with Crippen molar-refractivity contribution >= 4 is 0 Å². The first kappa shape index (κ1) is 7.80. The summed E-state index contributed by atoms with van der Waals surface area (Å²) >= 11 is 0. The highest BCUT2D eigenvalue weighted by atomic mass is 15.2. The summed E-state index contributed by atoms with van der Waals surface area (Å²) in [5.74, 6) is 0. The van der Waals surface area contributed by atoms with Gasteiger partial charge in [0.1, 0.15) is 0 Å². The maximum Gasteiger partial charge on any atom is 0.0670 e. The SMILES string of the molecule is Cc1[nH]nc2c1CN(C)CCC2. The average Bonchev–Trinajstić information content (AvgIpc) is 2.31. The fourth-order valence-electron chi connectivity index (χ4n) is 1.78. The molecule has 0 aliphatic carbocycles. The predicted molar refractivity (Wildman–Crippen MR) is 48.0 cm³/mol. The quantitative estimate of drug-likeness (QED) is 0.624. The summed E-state index contributed by atoms with van der Waals surface area (Å²) in [6, 6.07) is 0. The number of rotatable bonds is 0. The molecular formula is C9H15N3. The molecule has 3 heteroatoms. The summed E-state index contributed by atoms with van der Waals surface area (Å²) in [6.45, 7) is 4.35. The molecular weight excluding hydrogens is 150 g/mol. The molecule has 0 unspecified atom stereocenters. The van der Waals surface area contributed by atoms with Gasteiger partial charge in [-0.2, -0.15) is 5.10 Å². The van der Waals surface area contributed by atoms with Crippen LogP contribution in [0.1, 0.15) is 23.4 Å². The lowest BCUT2D eigenvalue weighted by Gasteiger charge is -2.12. The van der Waals surface area contributed by atoms with Crippen LogP contribution in [-0.4, -0.2) is 28.7 Å². The maximum atomic E-state index is 4.30. The molecule has 1 aliphatic rings. The summed E-state index contributed by atoms with van der Waals surface area (Å²) < 4.78 is 0. The topological polar surface area (TPSA) is 31.9 Å². The van der Waals surface area contributed by atoms with Crippen molar-refractivity contribution in [1.29, 1.82) is 0 Å². The third kappa shape index (κ3) is 1.25. The molecule has 0 saturated carbocycles. The van der Waals surface area contributed by atoms with E-state index in [1.165, 1.54) is 29.9 Å². The highest BCUT2D eigenvalue weighted by molar-refractivity contribution is 5.25. The third-order valence-corrected chi connectivity index (χ3v) is 2.54. The number of nitrogens with zero attached hydrogens (tertiary/aromatic N) is 2. The second kappa shape index (κ2) is 2.90. The summed E-state index contributed by atoms with van der Waals surface area (Å²) in [4.78, 5) is 2.36. The number of hydrogen-bond donors (Lipinski definition) is 1. The van der Waals surface area contributed by atoms with E-state index in [2.05, 4.69) is 29.1 Å². The Bertz CT molecular complexity index is 277. The van der Waals surface area contributed by atoms with E-state index in [-0.39, 0.29) is 0 Å². The summed E-state index contributed by atoms with van der Waals surface area (Å²) in [7, 11) is 2.17. The molecule has 2 heterocycles. The molecule has 0 fully saturated rings. The first-order valence-corrected chi connectivity index (χ1v) is 4.48. The second-order valence-corrected chi connectivity index (χ2v) is 3.62. The maximum absolute atomic E-state index is 4.30. The van der Waals surface area contributed by atoms with E-state index in [4.69, 9.17) is 0 Å². The Balaban J connectivity index is 2.33. The van der Waals surface area contributed by atoms with E-state index < -0.39 is 0 Å². The number of H-pyrrole nitrogens is 1. The normalized spacial score (nSPS) is 18.8. The van der Waals surface area contributed by atoms with Gasteiger partial charge in [-0.05, 0) is 33.4 Å². The van der Waals surface area contributed by atoms with Gasteiger partial charge in [0.2, 0.25) is 0 Å². The van der Waals surface area contributed by atoms with Crippen LogP contribution >= 0.6 is 0 Å². The smallest absolute Gasteiger partial charge is 0.0670 e. The minimum Gasteiger partial charge on any atom is -0.302 e. The minimum atomic E-state index is 1.05. The minimum absolute atomic E-state index is 1.05. The predicted octanol–water partition coefficient (Wildman–Crippen LogP) is 1.10. The molecule has 1 N–H and O–H groups in total. The Morgan fingerprint density at radius 3 is 3.17 bits per heavy atom. The van der Waals surface area contributed by atoms with Gasteiger partial charge in [0.05, 0.1) is 5.69 Å². The van der Waals surface area contributed by atoms with Crippen LogP contribution in [0.3, 0.4) is 0 Å². The summed E-state index contributed by atoms with van der Waals surface area (Å²) in [5, 5.41) is 7.35. The van der Waals surface area contributed by atoms with Gasteiger partial charge in [0.15, 0.2) is 0 Å². The van der Waals surface area contributed by atoms with Crippen molar-refractivity contribution in [2.45, 2.75) is 26.3 Å². The molecule has 1 aliphatic heterocycles. The molecule has 0 bridgehead atoms. The van der Waals surface area contributed by atoms with Gasteiger partial charge in [0.25, 0.3) is 0 Å². The van der Waals surface area contributed by atoms with Gasteiger partial charge in [-0.25, -0.2) is 0 Å². The van der Waals surface area contributed by atoms with Crippen LogP contribution in [0.25, 0.3) is 0 Å². The zero-order valence-electron chi connectivity index (χ0n) is 7.72. The van der Waals surface area contributed by atoms with Gasteiger partial charge >= 0.3 is 0 Å². The first-order chi connectivity index (χ1) is 5.77. The van der Waals surface area contributed by atoms with E-state index in [0.717, 1.165) is 13.0 Å². The highest BCUT2D eigenvalue weighted by Gasteiger charge is 2.15. The Kier molecular flexibility index (Phi) is 1.89. The van der Waals surface area contributed by atoms with E-state index in [0.29, 0.717) is 0 Å². The number of aryl methyl sites for hydroxylation is 2. The van der Waals surface area contributed by atoms with Gasteiger partial charge in [-0.1, -0.05) is 0 Å². The molecule has 0 radical (unpaired) electrons. The lowest BCUT2D eigenvalue weighted by molar-refractivity contribution is 0.331. The summed E-state index contributed by atoms with van der Waals surface area (Å²) in [6.07, 6.45) is 2.36. The first-order valence-electron chi connectivity index (χ1n) is 4.48. The van der Waals surface area contributed by atoms with E-state index in [1.54, 1.807) is 0 Å². The van der Waals surface area contributed by atoms with E-state index in [1.807, 2.05) is 0 Å². The molecule has 1 aromatic rings. The average molecular weight is 165 g/mol. The van der Waals surface area contributed by atoms with Crippen molar-refractivity contribution < 1.29 is 0 Å². The van der Waals surface area contributed by atoms with Crippen molar-refractivity contribution in [3.63, 3.8) is 0 Å². The molecule has 0 aromatic carbocycles. The fraction of sp³-hybridized carbons (Fsp3) is 0.667. The Morgan fingerprint density at radius 2 is 2.33 bits per heavy atom. The molecule has 12 heavy (non-hydrogen) atoms. The number of hydrogen-bond acceptors (Lipinski definition) is 2. The van der Waals surface area contributed by atoms with Crippen molar-refractivity contribution in [3.8, 4) is 0 Å². The zero-order valence-corrected chi connectivity index (χ0v) is 7.72. The molecule has 66 valence electrons. The molecule has 2 rings (SSSR count). The van der Waals surface area contributed by atoms with Gasteiger partial charge < -0.3 is 4.90 Å². The van der Waals surface area contributed by atoms with Gasteiger partial charge in [0, 0.05) is 17.8 Å². The molecule has 0 amide bonds. The lowest BCUT2D eigenvalue weighted by Crippen LogP contribution is -2.17. The molecule has 0 atom stereocenters. The van der Waals surface area contributed by atoms with Crippen molar-refractivity contribution in [2.75, 3.05) is 13.6 Å². The number of aromatic nitrogens is 2. The number of aromatic amines is 1. The Morgan fingerprint density at radius 1 is 1.50 bits per heavy atom. The van der Waals surface area contributed by atoms with Crippen LogP contribution < -0.4 is 0 Å². The fourth-order valence-corrected chi connectivity index (χ4v) is 1.78. The molecule has 1 aromatic heterocycles. The summed E-state index contributed by atoms with van der Waals surface area (Å²) in [5.41, 5.74) is 3.92. The van der Waals surface area contributed by atoms with Crippen LogP contribution in [0.15, 0.2) is 0 Å². The number of nitrogens with one attached hydrogen (secondary N) is 1. The van der Waals surface area contributed by atoms with Gasteiger partial charge in [-0.15, -0.1) is 0 Å². The standard InChI is InChI=1S/C9H15N3/c1-7-8-6-12(2)5-3-4-9(8)11-10-7/h3-6H2,1-2H3,(H,10,11). The number of fused-ring (bicyclic) bond motifs is 1. The Hall–Kier alpha value is -0.830. The molecule has 0 saturated heterocycles. The van der Waals surface area contributed by atoms with Crippen LogP contribution in [0, 0.1) is 6.92 Å². The van der Waals surface area contributed by atoms with E-state index >= 15 is 0 Å². The van der Waals surface area contributed by atoms with Crippen molar-refractivity contribution in [3.05, 3.63) is 17.0 Å². The lowest BCUT2D eigenvalue weighted by atomic mass is 10.1.